The Bertz CT molecular complexity index is 429. The molecule has 0 saturated carbocycles. The highest BCUT2D eigenvalue weighted by molar-refractivity contribution is 7.14. The Balaban J connectivity index is 1.70. The van der Waals surface area contributed by atoms with Crippen LogP contribution in [0.2, 0.25) is 0 Å². The number of ether oxygens (including phenoxy) is 1. The molecule has 2 fully saturated rings. The molecule has 17 heavy (non-hydrogen) atoms. The second kappa shape index (κ2) is 4.52. The van der Waals surface area contributed by atoms with Gasteiger partial charge in [-0.05, 0) is 38.4 Å². The van der Waals surface area contributed by atoms with Crippen LogP contribution in [0, 0.1) is 6.92 Å². The Labute approximate surface area is 105 Å². The van der Waals surface area contributed by atoms with E-state index in [0.717, 1.165) is 24.6 Å². The molecule has 2 aliphatic heterocycles. The summed E-state index contributed by atoms with van der Waals surface area (Å²) in [5, 5.41) is 0. The van der Waals surface area contributed by atoms with Crippen LogP contribution in [0.5, 0.6) is 0 Å². The minimum atomic E-state index is -0.248. The maximum Gasteiger partial charge on any atom is 0.202 e. The fraction of sp³-hybridized carbons (Fsp3) is 0.615. The SMILES string of the molecule is Cc1ccc(C(=O)C2CN3CCCC3CO2)s1. The molecule has 2 saturated heterocycles. The van der Waals surface area contributed by atoms with Crippen molar-refractivity contribution in [1.82, 2.24) is 4.90 Å². The second-order valence-corrected chi connectivity index (χ2v) is 6.18. The smallest absolute Gasteiger partial charge is 0.202 e. The number of hydrogen-bond acceptors (Lipinski definition) is 4. The highest BCUT2D eigenvalue weighted by Crippen LogP contribution is 2.25. The van der Waals surface area contributed by atoms with Crippen molar-refractivity contribution in [1.29, 1.82) is 0 Å². The third kappa shape index (κ3) is 2.17. The minimum Gasteiger partial charge on any atom is -0.367 e. The molecule has 0 spiro atoms. The van der Waals surface area contributed by atoms with Gasteiger partial charge in [0.05, 0.1) is 11.5 Å². The van der Waals surface area contributed by atoms with Gasteiger partial charge < -0.3 is 4.74 Å². The fourth-order valence-corrected chi connectivity index (χ4v) is 3.55. The molecular weight excluding hydrogens is 234 g/mol. The van der Waals surface area contributed by atoms with Crippen LogP contribution in [-0.2, 0) is 4.74 Å². The number of carbonyl (C=O) groups excluding carboxylic acids is 1. The number of ketones is 1. The first-order valence-electron chi connectivity index (χ1n) is 6.20. The molecule has 1 aromatic rings. The number of thiophene rings is 1. The molecule has 92 valence electrons. The third-order valence-corrected chi connectivity index (χ3v) is 4.68. The van der Waals surface area contributed by atoms with Crippen molar-refractivity contribution < 1.29 is 9.53 Å². The monoisotopic (exact) mass is 251 g/mol. The number of hydrogen-bond donors (Lipinski definition) is 0. The zero-order chi connectivity index (χ0) is 11.8. The van der Waals surface area contributed by atoms with E-state index in [9.17, 15) is 4.79 Å². The summed E-state index contributed by atoms with van der Waals surface area (Å²) in [7, 11) is 0. The van der Waals surface area contributed by atoms with Crippen molar-refractivity contribution in [3.63, 3.8) is 0 Å². The summed E-state index contributed by atoms with van der Waals surface area (Å²) in [6, 6.07) is 4.48. The van der Waals surface area contributed by atoms with Gasteiger partial charge in [0.2, 0.25) is 5.78 Å². The Morgan fingerprint density at radius 1 is 1.53 bits per heavy atom. The van der Waals surface area contributed by atoms with Gasteiger partial charge in [-0.2, -0.15) is 0 Å². The lowest BCUT2D eigenvalue weighted by molar-refractivity contribution is -0.0342. The van der Waals surface area contributed by atoms with Crippen molar-refractivity contribution in [3.05, 3.63) is 21.9 Å². The highest BCUT2D eigenvalue weighted by Gasteiger charge is 2.35. The quantitative estimate of drug-likeness (QED) is 0.754. The van der Waals surface area contributed by atoms with E-state index in [-0.39, 0.29) is 11.9 Å². The van der Waals surface area contributed by atoms with Crippen molar-refractivity contribution >= 4 is 17.1 Å². The van der Waals surface area contributed by atoms with Gasteiger partial charge in [-0.1, -0.05) is 0 Å². The summed E-state index contributed by atoms with van der Waals surface area (Å²) >= 11 is 1.57. The Morgan fingerprint density at radius 2 is 2.41 bits per heavy atom. The van der Waals surface area contributed by atoms with Gasteiger partial charge in [0, 0.05) is 17.5 Å². The predicted octanol–water partition coefficient (Wildman–Crippen LogP) is 2.10. The van der Waals surface area contributed by atoms with Crippen LogP contribution in [0.25, 0.3) is 0 Å². The Kier molecular flexibility index (Phi) is 3.03. The maximum atomic E-state index is 12.3. The number of nitrogens with zero attached hydrogens (tertiary/aromatic N) is 1. The summed E-state index contributed by atoms with van der Waals surface area (Å²) in [5.74, 6) is 0.161. The molecule has 0 radical (unpaired) electrons. The standard InChI is InChI=1S/C13H17NO2S/c1-9-4-5-12(17-9)13(15)11-7-14-6-2-3-10(14)8-16-11/h4-5,10-11H,2-3,6-8H2,1H3. The molecule has 0 bridgehead atoms. The zero-order valence-electron chi connectivity index (χ0n) is 10.0. The molecule has 2 unspecified atom stereocenters. The van der Waals surface area contributed by atoms with E-state index in [0.29, 0.717) is 6.04 Å². The van der Waals surface area contributed by atoms with E-state index in [1.807, 2.05) is 19.1 Å². The summed E-state index contributed by atoms with van der Waals surface area (Å²) < 4.78 is 5.73. The van der Waals surface area contributed by atoms with Crippen LogP contribution in [0.4, 0.5) is 0 Å². The topological polar surface area (TPSA) is 29.5 Å². The number of carbonyl (C=O) groups is 1. The molecular formula is C13H17NO2S. The predicted molar refractivity (Wildman–Crippen MR) is 67.7 cm³/mol. The van der Waals surface area contributed by atoms with E-state index < -0.39 is 0 Å². The van der Waals surface area contributed by atoms with Gasteiger partial charge in [-0.3, -0.25) is 9.69 Å². The van der Waals surface area contributed by atoms with E-state index in [4.69, 9.17) is 4.74 Å². The van der Waals surface area contributed by atoms with Gasteiger partial charge in [0.1, 0.15) is 6.10 Å². The first kappa shape index (κ1) is 11.4. The van der Waals surface area contributed by atoms with Crippen molar-refractivity contribution in [2.75, 3.05) is 19.7 Å². The first-order valence-corrected chi connectivity index (χ1v) is 7.02. The molecule has 0 N–H and O–H groups in total. The number of morpholine rings is 1. The van der Waals surface area contributed by atoms with Crippen LogP contribution in [-0.4, -0.2) is 42.5 Å². The molecule has 0 amide bonds. The van der Waals surface area contributed by atoms with Crippen LogP contribution < -0.4 is 0 Å². The lowest BCUT2D eigenvalue weighted by atomic mass is 10.1. The van der Waals surface area contributed by atoms with E-state index in [2.05, 4.69) is 4.90 Å². The van der Waals surface area contributed by atoms with Crippen LogP contribution in [0.3, 0.4) is 0 Å². The lowest BCUT2D eigenvalue weighted by Gasteiger charge is -2.34. The average molecular weight is 251 g/mol. The van der Waals surface area contributed by atoms with E-state index >= 15 is 0 Å². The number of aryl methyl sites for hydroxylation is 1. The van der Waals surface area contributed by atoms with Crippen LogP contribution in [0.15, 0.2) is 12.1 Å². The summed E-state index contributed by atoms with van der Waals surface area (Å²) in [6.45, 7) is 4.65. The van der Waals surface area contributed by atoms with Gasteiger partial charge in [0.15, 0.2) is 0 Å². The molecule has 2 aliphatic rings. The Hall–Kier alpha value is -0.710. The van der Waals surface area contributed by atoms with Crippen molar-refractivity contribution in [2.24, 2.45) is 0 Å². The summed E-state index contributed by atoms with van der Waals surface area (Å²) in [4.78, 5) is 16.7. The first-order chi connectivity index (χ1) is 8.24. The molecule has 3 heterocycles. The molecule has 3 nitrogen and oxygen atoms in total. The molecule has 3 rings (SSSR count). The number of rotatable bonds is 2. The minimum absolute atomic E-state index is 0.161. The normalized spacial score (nSPS) is 29.2. The molecule has 1 aromatic heterocycles. The van der Waals surface area contributed by atoms with Gasteiger partial charge >= 0.3 is 0 Å². The van der Waals surface area contributed by atoms with Crippen LogP contribution in [0.1, 0.15) is 27.4 Å². The molecule has 2 atom stereocenters. The largest absolute Gasteiger partial charge is 0.367 e. The molecule has 0 aliphatic carbocycles. The number of Topliss-reactive ketones (excluding diaryl/α,β-unsaturated/α-hetero) is 1. The second-order valence-electron chi connectivity index (χ2n) is 4.89. The number of fused-ring (bicyclic) bond motifs is 1. The van der Waals surface area contributed by atoms with E-state index in [1.165, 1.54) is 17.7 Å². The Morgan fingerprint density at radius 3 is 3.18 bits per heavy atom. The van der Waals surface area contributed by atoms with Crippen molar-refractivity contribution in [3.8, 4) is 0 Å². The van der Waals surface area contributed by atoms with Crippen molar-refractivity contribution in [2.45, 2.75) is 31.9 Å². The molecule has 4 heteroatoms. The zero-order valence-corrected chi connectivity index (χ0v) is 10.8. The van der Waals surface area contributed by atoms with Crippen LogP contribution >= 0.6 is 11.3 Å². The van der Waals surface area contributed by atoms with Gasteiger partial charge in [-0.15, -0.1) is 11.3 Å². The maximum absolute atomic E-state index is 12.3. The third-order valence-electron chi connectivity index (χ3n) is 3.66. The van der Waals surface area contributed by atoms with E-state index in [1.54, 1.807) is 11.3 Å². The summed E-state index contributed by atoms with van der Waals surface area (Å²) in [5.41, 5.74) is 0. The summed E-state index contributed by atoms with van der Waals surface area (Å²) in [6.07, 6.45) is 2.22. The highest BCUT2D eigenvalue weighted by atomic mass is 32.1. The average Bonchev–Trinajstić information content (AvgIpc) is 2.95. The lowest BCUT2D eigenvalue weighted by Crippen LogP contribution is -2.48. The fourth-order valence-electron chi connectivity index (χ4n) is 2.70. The van der Waals surface area contributed by atoms with Gasteiger partial charge in [-0.25, -0.2) is 0 Å². The molecule has 0 aromatic carbocycles. The van der Waals surface area contributed by atoms with Gasteiger partial charge in [0.25, 0.3) is 0 Å².